The molecule has 184 valence electrons. The third-order valence-electron chi connectivity index (χ3n) is 7.25. The van der Waals surface area contributed by atoms with Crippen molar-refractivity contribution in [2.45, 2.75) is 32.2 Å². The van der Waals surface area contributed by atoms with Crippen molar-refractivity contribution < 1.29 is 9.18 Å². The molecule has 2 aromatic heterocycles. The van der Waals surface area contributed by atoms with Crippen molar-refractivity contribution in [3.63, 3.8) is 0 Å². The molecule has 2 aliphatic heterocycles. The number of hydrogen-bond acceptors (Lipinski definition) is 4. The van der Waals surface area contributed by atoms with Gasteiger partial charge in [-0.25, -0.2) is 9.37 Å². The zero-order valence-electron chi connectivity index (χ0n) is 20.3. The summed E-state index contributed by atoms with van der Waals surface area (Å²) in [6.07, 6.45) is 6.52. The predicted molar refractivity (Wildman–Crippen MR) is 143 cm³/mol. The Bertz CT molecular complexity index is 1380. The van der Waals surface area contributed by atoms with Crippen LogP contribution in [0.3, 0.4) is 0 Å². The van der Waals surface area contributed by atoms with Gasteiger partial charge >= 0.3 is 0 Å². The van der Waals surface area contributed by atoms with E-state index in [0.717, 1.165) is 43.1 Å². The van der Waals surface area contributed by atoms with Crippen LogP contribution in [-0.2, 0) is 6.54 Å². The van der Waals surface area contributed by atoms with E-state index in [1.165, 1.54) is 43.5 Å². The van der Waals surface area contributed by atoms with Gasteiger partial charge in [-0.15, -0.1) is 0 Å². The van der Waals surface area contributed by atoms with Crippen molar-refractivity contribution in [3.8, 4) is 0 Å². The highest BCUT2D eigenvalue weighted by molar-refractivity contribution is 6.06. The zero-order chi connectivity index (χ0) is 24.5. The lowest BCUT2D eigenvalue weighted by Crippen LogP contribution is -2.20. The molecule has 6 nitrogen and oxygen atoms in total. The van der Waals surface area contributed by atoms with Gasteiger partial charge in [0, 0.05) is 49.3 Å². The van der Waals surface area contributed by atoms with E-state index in [1.807, 2.05) is 16.7 Å². The fraction of sp³-hybridized carbons (Fsp3) is 0.310. The van der Waals surface area contributed by atoms with Crippen molar-refractivity contribution in [3.05, 3.63) is 83.9 Å². The first-order chi connectivity index (χ1) is 17.6. The number of nitrogens with one attached hydrogen (secondary N) is 1. The second-order valence-electron chi connectivity index (χ2n) is 9.74. The number of fused-ring (bicyclic) bond motifs is 1. The quantitative estimate of drug-likeness (QED) is 0.384. The van der Waals surface area contributed by atoms with Crippen LogP contribution >= 0.6 is 0 Å². The monoisotopic (exact) mass is 483 g/mol. The number of amides is 1. The van der Waals surface area contributed by atoms with Gasteiger partial charge in [-0.2, -0.15) is 0 Å². The summed E-state index contributed by atoms with van der Waals surface area (Å²) in [6.45, 7) is 4.72. The largest absolute Gasteiger partial charge is 0.372 e. The minimum Gasteiger partial charge on any atom is -0.372 e. The van der Waals surface area contributed by atoms with Gasteiger partial charge in [-0.3, -0.25) is 4.79 Å². The van der Waals surface area contributed by atoms with Crippen molar-refractivity contribution in [2.75, 3.05) is 41.3 Å². The van der Waals surface area contributed by atoms with Gasteiger partial charge in [0.25, 0.3) is 5.91 Å². The maximum absolute atomic E-state index is 14.0. The molecule has 0 spiro atoms. The number of hydrogen-bond donors (Lipinski definition) is 1. The minimum absolute atomic E-state index is 0.238. The molecule has 36 heavy (non-hydrogen) atoms. The summed E-state index contributed by atoms with van der Waals surface area (Å²) in [7, 11) is 0. The van der Waals surface area contributed by atoms with E-state index in [-0.39, 0.29) is 11.7 Å². The summed E-state index contributed by atoms with van der Waals surface area (Å²) >= 11 is 0. The molecule has 0 aliphatic carbocycles. The Morgan fingerprint density at radius 1 is 0.889 bits per heavy atom. The highest BCUT2D eigenvalue weighted by Crippen LogP contribution is 2.26. The van der Waals surface area contributed by atoms with E-state index in [0.29, 0.717) is 23.3 Å². The van der Waals surface area contributed by atoms with Crippen LogP contribution in [-0.4, -0.2) is 41.6 Å². The summed E-state index contributed by atoms with van der Waals surface area (Å²) in [5.74, 6) is 0.385. The van der Waals surface area contributed by atoms with Crippen LogP contribution in [0.15, 0.2) is 66.9 Å². The number of benzene rings is 2. The Hall–Kier alpha value is -3.87. The highest BCUT2D eigenvalue weighted by Gasteiger charge is 2.19. The van der Waals surface area contributed by atoms with E-state index in [9.17, 15) is 9.18 Å². The fourth-order valence-electron chi connectivity index (χ4n) is 5.40. The van der Waals surface area contributed by atoms with E-state index in [1.54, 1.807) is 18.3 Å². The molecule has 4 aromatic rings. The van der Waals surface area contributed by atoms with Gasteiger partial charge in [-0.1, -0.05) is 12.1 Å². The zero-order valence-corrected chi connectivity index (χ0v) is 20.3. The molecular formula is C29H30FN5O. The molecule has 0 unspecified atom stereocenters. The summed E-state index contributed by atoms with van der Waals surface area (Å²) in [4.78, 5) is 22.6. The molecule has 2 saturated heterocycles. The summed E-state index contributed by atoms with van der Waals surface area (Å²) < 4.78 is 16.0. The molecule has 2 aliphatic rings. The van der Waals surface area contributed by atoms with Crippen LogP contribution in [0.2, 0.25) is 0 Å². The van der Waals surface area contributed by atoms with Crippen LogP contribution in [0, 0.1) is 5.82 Å². The van der Waals surface area contributed by atoms with Crippen molar-refractivity contribution in [1.29, 1.82) is 0 Å². The Morgan fingerprint density at radius 2 is 1.67 bits per heavy atom. The van der Waals surface area contributed by atoms with Crippen molar-refractivity contribution in [1.82, 2.24) is 9.55 Å². The molecule has 2 aromatic carbocycles. The smallest absolute Gasteiger partial charge is 0.272 e. The lowest BCUT2D eigenvalue weighted by atomic mass is 10.2. The number of halogens is 1. The molecule has 0 radical (unpaired) electrons. The lowest BCUT2D eigenvalue weighted by molar-refractivity contribution is 0.101. The fourth-order valence-corrected chi connectivity index (χ4v) is 5.40. The van der Waals surface area contributed by atoms with E-state index in [2.05, 4.69) is 44.4 Å². The van der Waals surface area contributed by atoms with Crippen LogP contribution < -0.4 is 15.1 Å². The first-order valence-electron chi connectivity index (χ1n) is 12.8. The normalized spacial score (nSPS) is 15.7. The number of nitrogens with zero attached hydrogens (tertiary/aromatic N) is 4. The number of anilines is 3. The number of aromatic nitrogens is 2. The summed E-state index contributed by atoms with van der Waals surface area (Å²) in [6, 6.07) is 18.8. The molecule has 4 heterocycles. The van der Waals surface area contributed by atoms with E-state index in [4.69, 9.17) is 0 Å². The number of carbonyl (C=O) groups is 1. The van der Waals surface area contributed by atoms with Crippen LogP contribution in [0.5, 0.6) is 0 Å². The van der Waals surface area contributed by atoms with Gasteiger partial charge in [0.2, 0.25) is 0 Å². The standard InChI is InChI=1S/C29H30FN5O/c30-23-8-10-26-22(17-23)18-27(29(36)32-24-9-11-28(31-19-24)34-14-3-4-15-34)35(26)20-21-6-5-7-25(16-21)33-12-1-2-13-33/h5-11,16-19H,1-4,12-15,20H2,(H,32,36). The van der Waals surface area contributed by atoms with Gasteiger partial charge in [0.05, 0.1) is 11.9 Å². The molecule has 2 fully saturated rings. The highest BCUT2D eigenvalue weighted by atomic mass is 19.1. The Balaban J connectivity index is 1.29. The second kappa shape index (κ2) is 9.64. The molecule has 1 N–H and O–H groups in total. The van der Waals surface area contributed by atoms with Crippen LogP contribution in [0.25, 0.3) is 10.9 Å². The predicted octanol–water partition coefficient (Wildman–Crippen LogP) is 5.68. The van der Waals surface area contributed by atoms with Crippen molar-refractivity contribution >= 4 is 34.0 Å². The van der Waals surface area contributed by atoms with Crippen molar-refractivity contribution in [2.24, 2.45) is 0 Å². The average molecular weight is 484 g/mol. The molecule has 0 saturated carbocycles. The lowest BCUT2D eigenvalue weighted by Gasteiger charge is -2.19. The molecule has 0 atom stereocenters. The molecule has 6 rings (SSSR count). The molecular weight excluding hydrogens is 453 g/mol. The number of rotatable bonds is 6. The Labute approximate surface area is 210 Å². The topological polar surface area (TPSA) is 53.4 Å². The Morgan fingerprint density at radius 3 is 2.42 bits per heavy atom. The maximum atomic E-state index is 14.0. The second-order valence-corrected chi connectivity index (χ2v) is 9.74. The summed E-state index contributed by atoms with van der Waals surface area (Å²) in [5, 5.41) is 3.70. The maximum Gasteiger partial charge on any atom is 0.272 e. The Kier molecular flexibility index (Phi) is 6.05. The van der Waals surface area contributed by atoms with Gasteiger partial charge in [0.1, 0.15) is 17.3 Å². The third-order valence-corrected chi connectivity index (χ3v) is 7.25. The minimum atomic E-state index is -0.315. The van der Waals surface area contributed by atoms with Gasteiger partial charge in [0.15, 0.2) is 0 Å². The first kappa shape index (κ1) is 22.6. The van der Waals surface area contributed by atoms with Gasteiger partial charge < -0.3 is 19.7 Å². The molecule has 0 bridgehead atoms. The van der Waals surface area contributed by atoms with E-state index >= 15 is 0 Å². The number of pyridine rings is 1. The average Bonchev–Trinajstić information content (AvgIpc) is 3.67. The first-order valence-corrected chi connectivity index (χ1v) is 12.8. The number of carbonyl (C=O) groups excluding carboxylic acids is 1. The molecule has 7 heteroatoms. The van der Waals surface area contributed by atoms with E-state index < -0.39 is 0 Å². The summed E-state index contributed by atoms with van der Waals surface area (Å²) in [5.41, 5.74) is 4.28. The van der Waals surface area contributed by atoms with Crippen LogP contribution in [0.4, 0.5) is 21.6 Å². The van der Waals surface area contributed by atoms with Crippen LogP contribution in [0.1, 0.15) is 41.7 Å². The molecule has 1 amide bonds. The SMILES string of the molecule is O=C(Nc1ccc(N2CCCC2)nc1)c1cc2cc(F)ccc2n1Cc1cccc(N2CCCC2)c1. The third kappa shape index (κ3) is 4.53. The van der Waals surface area contributed by atoms with Gasteiger partial charge in [-0.05, 0) is 79.8 Å².